The minimum absolute atomic E-state index is 0.279. The molecule has 1 aliphatic heterocycles. The van der Waals surface area contributed by atoms with E-state index in [0.29, 0.717) is 11.1 Å². The number of aliphatic hydroxyl groups is 1. The molecule has 1 fully saturated rings. The summed E-state index contributed by atoms with van der Waals surface area (Å²) in [4.78, 5) is 10.4. The zero-order chi connectivity index (χ0) is 11.5. The van der Waals surface area contributed by atoms with Crippen LogP contribution in [-0.2, 0) is 0 Å². The van der Waals surface area contributed by atoms with E-state index in [9.17, 15) is 5.11 Å². The first-order valence-corrected chi connectivity index (χ1v) is 5.96. The Balaban J connectivity index is 2.13. The van der Waals surface area contributed by atoms with Gasteiger partial charge in [0.25, 0.3) is 0 Å². The third kappa shape index (κ3) is 2.44. The van der Waals surface area contributed by atoms with Gasteiger partial charge in [0.2, 0.25) is 0 Å². The van der Waals surface area contributed by atoms with Crippen LogP contribution < -0.4 is 4.90 Å². The molecule has 16 heavy (non-hydrogen) atoms. The van der Waals surface area contributed by atoms with E-state index in [-0.39, 0.29) is 6.10 Å². The third-order valence-electron chi connectivity index (χ3n) is 3.08. The van der Waals surface area contributed by atoms with Crippen LogP contribution in [0.25, 0.3) is 0 Å². The molecule has 0 spiro atoms. The summed E-state index contributed by atoms with van der Waals surface area (Å²) in [5, 5.41) is 10.1. The van der Waals surface area contributed by atoms with Crippen molar-refractivity contribution in [3.63, 3.8) is 0 Å². The quantitative estimate of drug-likeness (QED) is 0.857. The molecule has 88 valence electrons. The van der Waals surface area contributed by atoms with Gasteiger partial charge in [0.1, 0.15) is 0 Å². The van der Waals surface area contributed by atoms with Crippen LogP contribution >= 0.6 is 11.6 Å². The van der Waals surface area contributed by atoms with Crippen molar-refractivity contribution in [2.45, 2.75) is 25.9 Å². The smallest absolute Gasteiger partial charge is 0.171 e. The number of anilines is 1. The van der Waals surface area contributed by atoms with Gasteiger partial charge in [0, 0.05) is 31.4 Å². The van der Waals surface area contributed by atoms with Gasteiger partial charge in [-0.15, -0.1) is 0 Å². The highest BCUT2D eigenvalue weighted by atomic mass is 35.5. The van der Waals surface area contributed by atoms with Crippen molar-refractivity contribution in [2.24, 2.45) is 5.92 Å². The molecule has 2 atom stereocenters. The highest BCUT2D eigenvalue weighted by molar-refractivity contribution is 6.31. The molecule has 0 bridgehead atoms. The summed E-state index contributed by atoms with van der Waals surface area (Å²) in [5.74, 6) is 1.03. The van der Waals surface area contributed by atoms with Gasteiger partial charge < -0.3 is 10.0 Å². The number of aliphatic hydroxyl groups excluding tert-OH is 1. The predicted octanol–water partition coefficient (Wildman–Crippen LogP) is 1.73. The number of hydrogen-bond acceptors (Lipinski definition) is 4. The fourth-order valence-corrected chi connectivity index (χ4v) is 2.35. The molecular formula is C11H16ClN3O. The van der Waals surface area contributed by atoms with Crippen LogP contribution in [-0.4, -0.2) is 34.3 Å². The lowest BCUT2D eigenvalue weighted by atomic mass is 9.93. The maximum absolute atomic E-state index is 9.62. The number of rotatable bonds is 2. The standard InChI is InChI=1S/C11H16ClN3O/c1-8(16)9-3-2-6-15(7-9)11-10(12)13-4-5-14-11/h4-5,8-9,16H,2-3,6-7H2,1H3/t8-,9+/m1/s1. The number of piperidine rings is 1. The summed E-state index contributed by atoms with van der Waals surface area (Å²) in [7, 11) is 0. The van der Waals surface area contributed by atoms with Gasteiger partial charge in [0.15, 0.2) is 11.0 Å². The minimum atomic E-state index is -0.279. The van der Waals surface area contributed by atoms with Crippen LogP contribution in [0.15, 0.2) is 12.4 Å². The molecule has 0 saturated carbocycles. The fourth-order valence-electron chi connectivity index (χ4n) is 2.12. The number of aromatic nitrogens is 2. The zero-order valence-electron chi connectivity index (χ0n) is 9.30. The lowest BCUT2D eigenvalue weighted by molar-refractivity contribution is 0.115. The van der Waals surface area contributed by atoms with Gasteiger partial charge in [-0.3, -0.25) is 0 Å². The maximum atomic E-state index is 9.62. The molecule has 1 N–H and O–H groups in total. The number of hydrogen-bond donors (Lipinski definition) is 1. The monoisotopic (exact) mass is 241 g/mol. The highest BCUT2D eigenvalue weighted by Crippen LogP contribution is 2.27. The summed E-state index contributed by atoms with van der Waals surface area (Å²) < 4.78 is 0. The van der Waals surface area contributed by atoms with Gasteiger partial charge in [0.05, 0.1) is 6.10 Å². The molecule has 2 rings (SSSR count). The molecule has 2 heterocycles. The van der Waals surface area contributed by atoms with Crippen LogP contribution in [0, 0.1) is 5.92 Å². The van der Waals surface area contributed by atoms with Crippen molar-refractivity contribution in [3.05, 3.63) is 17.5 Å². The summed E-state index contributed by atoms with van der Waals surface area (Å²) in [6.45, 7) is 3.57. The van der Waals surface area contributed by atoms with E-state index in [1.165, 1.54) is 0 Å². The Morgan fingerprint density at radius 1 is 1.50 bits per heavy atom. The third-order valence-corrected chi connectivity index (χ3v) is 3.34. The van der Waals surface area contributed by atoms with Crippen LogP contribution in [0.2, 0.25) is 5.15 Å². The van der Waals surface area contributed by atoms with Crippen molar-refractivity contribution in [3.8, 4) is 0 Å². The Kier molecular flexibility index (Phi) is 3.61. The lowest BCUT2D eigenvalue weighted by Crippen LogP contribution is -2.40. The fraction of sp³-hybridized carbons (Fsp3) is 0.636. The molecule has 0 amide bonds. The topological polar surface area (TPSA) is 49.2 Å². The SMILES string of the molecule is C[C@@H](O)[C@H]1CCCN(c2nccnc2Cl)C1. The van der Waals surface area contributed by atoms with Crippen LogP contribution in [0.5, 0.6) is 0 Å². The molecule has 1 aliphatic rings. The second-order valence-electron chi connectivity index (χ2n) is 4.26. The lowest BCUT2D eigenvalue weighted by Gasteiger charge is -2.34. The summed E-state index contributed by atoms with van der Waals surface area (Å²) >= 11 is 6.01. The second-order valence-corrected chi connectivity index (χ2v) is 4.62. The number of nitrogens with zero attached hydrogens (tertiary/aromatic N) is 3. The predicted molar refractivity (Wildman–Crippen MR) is 63.7 cm³/mol. The first-order chi connectivity index (χ1) is 7.68. The molecule has 0 radical (unpaired) electrons. The van der Waals surface area contributed by atoms with Crippen molar-refractivity contribution >= 4 is 17.4 Å². The van der Waals surface area contributed by atoms with Crippen LogP contribution in [0.3, 0.4) is 0 Å². The van der Waals surface area contributed by atoms with Crippen molar-refractivity contribution in [1.82, 2.24) is 9.97 Å². The van der Waals surface area contributed by atoms with E-state index < -0.39 is 0 Å². The summed E-state index contributed by atoms with van der Waals surface area (Å²) in [6, 6.07) is 0. The van der Waals surface area contributed by atoms with Crippen LogP contribution in [0.1, 0.15) is 19.8 Å². The van der Waals surface area contributed by atoms with Gasteiger partial charge in [-0.1, -0.05) is 11.6 Å². The van der Waals surface area contributed by atoms with E-state index in [1.54, 1.807) is 12.4 Å². The van der Waals surface area contributed by atoms with Gasteiger partial charge >= 0.3 is 0 Å². The van der Waals surface area contributed by atoms with Crippen LogP contribution in [0.4, 0.5) is 5.82 Å². The zero-order valence-corrected chi connectivity index (χ0v) is 10.1. The van der Waals surface area contributed by atoms with Crippen molar-refractivity contribution in [1.29, 1.82) is 0 Å². The molecule has 1 aromatic rings. The normalized spacial score (nSPS) is 23.2. The highest BCUT2D eigenvalue weighted by Gasteiger charge is 2.25. The number of halogens is 1. The van der Waals surface area contributed by atoms with Crippen molar-refractivity contribution in [2.75, 3.05) is 18.0 Å². The Morgan fingerprint density at radius 2 is 2.25 bits per heavy atom. The Morgan fingerprint density at radius 3 is 2.94 bits per heavy atom. The minimum Gasteiger partial charge on any atom is -0.393 e. The molecule has 4 nitrogen and oxygen atoms in total. The molecule has 5 heteroatoms. The first kappa shape index (κ1) is 11.6. The maximum Gasteiger partial charge on any atom is 0.171 e. The molecule has 0 aliphatic carbocycles. The summed E-state index contributed by atoms with van der Waals surface area (Å²) in [5.41, 5.74) is 0. The first-order valence-electron chi connectivity index (χ1n) is 5.58. The molecular weight excluding hydrogens is 226 g/mol. The molecule has 0 aromatic carbocycles. The molecule has 0 unspecified atom stereocenters. The largest absolute Gasteiger partial charge is 0.393 e. The Labute approximate surface area is 100 Å². The van der Waals surface area contributed by atoms with Crippen molar-refractivity contribution < 1.29 is 5.11 Å². The molecule has 1 aromatic heterocycles. The average Bonchev–Trinajstić information content (AvgIpc) is 2.30. The van der Waals surface area contributed by atoms with E-state index in [0.717, 1.165) is 31.7 Å². The molecule has 1 saturated heterocycles. The summed E-state index contributed by atoms with van der Waals surface area (Å²) in [6.07, 6.45) is 5.07. The van der Waals surface area contributed by atoms with Gasteiger partial charge in [-0.2, -0.15) is 0 Å². The average molecular weight is 242 g/mol. The van der Waals surface area contributed by atoms with E-state index in [2.05, 4.69) is 14.9 Å². The second kappa shape index (κ2) is 4.97. The van der Waals surface area contributed by atoms with Gasteiger partial charge in [-0.05, 0) is 19.8 Å². The van der Waals surface area contributed by atoms with E-state index in [1.807, 2.05) is 6.92 Å². The Bertz CT molecular complexity index is 359. The van der Waals surface area contributed by atoms with Gasteiger partial charge in [-0.25, -0.2) is 9.97 Å². The van der Waals surface area contributed by atoms with E-state index in [4.69, 9.17) is 11.6 Å². The van der Waals surface area contributed by atoms with E-state index >= 15 is 0 Å². The Hall–Kier alpha value is -0.870.